The average molecular weight is 437 g/mol. The second-order valence-corrected chi connectivity index (χ2v) is 7.55. The minimum Gasteiger partial charge on any atom is -0.493 e. The van der Waals surface area contributed by atoms with Crippen molar-refractivity contribution in [1.82, 2.24) is 14.9 Å². The molecule has 0 spiro atoms. The fraction of sp³-hybridized carbons (Fsp3) is 0.292. The van der Waals surface area contributed by atoms with Crippen LogP contribution in [-0.2, 0) is 11.3 Å². The van der Waals surface area contributed by atoms with E-state index >= 15 is 0 Å². The summed E-state index contributed by atoms with van der Waals surface area (Å²) in [5.41, 5.74) is 2.16. The third kappa shape index (κ3) is 5.66. The predicted molar refractivity (Wildman–Crippen MR) is 122 cm³/mol. The maximum atomic E-state index is 12.8. The molecule has 3 aromatic rings. The molecule has 1 aromatic heterocycles. The quantitative estimate of drug-likeness (QED) is 0.536. The van der Waals surface area contributed by atoms with Crippen molar-refractivity contribution < 1.29 is 19.1 Å². The zero-order valence-corrected chi connectivity index (χ0v) is 18.7. The number of imidazole rings is 1. The number of methoxy groups -OCH3 is 1. The van der Waals surface area contributed by atoms with E-state index in [1.54, 1.807) is 24.4 Å². The number of aromatic nitrogens is 2. The lowest BCUT2D eigenvalue weighted by Crippen LogP contribution is -2.25. The van der Waals surface area contributed by atoms with Crippen molar-refractivity contribution >= 4 is 17.5 Å². The lowest BCUT2D eigenvalue weighted by molar-refractivity contribution is -0.122. The molecule has 0 atom stereocenters. The molecule has 8 nitrogen and oxygen atoms in total. The summed E-state index contributed by atoms with van der Waals surface area (Å²) in [6.07, 6.45) is 3.76. The minimum atomic E-state index is -0.274. The van der Waals surface area contributed by atoms with Crippen LogP contribution in [0.4, 0.5) is 5.69 Å². The zero-order chi connectivity index (χ0) is 23.1. The van der Waals surface area contributed by atoms with Crippen LogP contribution in [0.15, 0.2) is 54.9 Å². The molecule has 168 valence electrons. The fourth-order valence-corrected chi connectivity index (χ4v) is 3.25. The molecule has 2 amide bonds. The highest BCUT2D eigenvalue weighted by molar-refractivity contribution is 6.04. The van der Waals surface area contributed by atoms with E-state index in [0.717, 1.165) is 11.4 Å². The van der Waals surface area contributed by atoms with Crippen LogP contribution in [0.2, 0.25) is 0 Å². The van der Waals surface area contributed by atoms with Gasteiger partial charge in [0.05, 0.1) is 7.11 Å². The Morgan fingerprint density at radius 1 is 1.12 bits per heavy atom. The van der Waals surface area contributed by atoms with Crippen LogP contribution in [0, 0.1) is 0 Å². The van der Waals surface area contributed by atoms with Crippen molar-refractivity contribution in [3.63, 3.8) is 0 Å². The number of likely N-dealkylation sites (N-methyl/N-ethyl adjacent to an activating group) is 1. The van der Waals surface area contributed by atoms with Gasteiger partial charge in [0.15, 0.2) is 18.1 Å². The number of nitrogens with one attached hydrogen (secondary N) is 2. The monoisotopic (exact) mass is 436 g/mol. The van der Waals surface area contributed by atoms with Gasteiger partial charge < -0.3 is 24.7 Å². The summed E-state index contributed by atoms with van der Waals surface area (Å²) >= 11 is 0. The maximum Gasteiger partial charge on any atom is 0.257 e. The normalized spacial score (nSPS) is 10.7. The van der Waals surface area contributed by atoms with Gasteiger partial charge in [-0.2, -0.15) is 0 Å². The Labute approximate surface area is 187 Å². The Bertz CT molecular complexity index is 1090. The fourth-order valence-electron chi connectivity index (χ4n) is 3.25. The van der Waals surface area contributed by atoms with E-state index in [1.165, 1.54) is 14.2 Å². The largest absolute Gasteiger partial charge is 0.493 e. The Kier molecular flexibility index (Phi) is 7.49. The van der Waals surface area contributed by atoms with Crippen LogP contribution in [0.5, 0.6) is 11.5 Å². The number of carbonyl (C=O) groups is 2. The first-order valence-corrected chi connectivity index (χ1v) is 10.3. The number of nitrogens with zero attached hydrogens (tertiary/aromatic N) is 2. The van der Waals surface area contributed by atoms with Gasteiger partial charge in [-0.25, -0.2) is 4.98 Å². The van der Waals surface area contributed by atoms with Gasteiger partial charge in [0.2, 0.25) is 0 Å². The first-order valence-electron chi connectivity index (χ1n) is 10.3. The predicted octanol–water partition coefficient (Wildman–Crippen LogP) is 3.44. The van der Waals surface area contributed by atoms with Gasteiger partial charge in [-0.05, 0) is 35.9 Å². The maximum absolute atomic E-state index is 12.8. The van der Waals surface area contributed by atoms with Gasteiger partial charge in [-0.1, -0.05) is 26.0 Å². The van der Waals surface area contributed by atoms with E-state index in [0.29, 0.717) is 35.2 Å². The summed E-state index contributed by atoms with van der Waals surface area (Å²) in [5.74, 6) is 1.57. The van der Waals surface area contributed by atoms with Crippen molar-refractivity contribution in [3.8, 4) is 11.5 Å². The number of rotatable bonds is 9. The molecule has 0 aliphatic heterocycles. The van der Waals surface area contributed by atoms with Gasteiger partial charge in [0, 0.05) is 43.2 Å². The van der Waals surface area contributed by atoms with Crippen molar-refractivity contribution in [3.05, 3.63) is 71.8 Å². The minimum absolute atomic E-state index is 0.138. The molecule has 0 saturated heterocycles. The second kappa shape index (κ2) is 10.5. The smallest absolute Gasteiger partial charge is 0.257 e. The topological polar surface area (TPSA) is 94.5 Å². The molecule has 0 aliphatic rings. The molecule has 0 radical (unpaired) electrons. The van der Waals surface area contributed by atoms with E-state index in [2.05, 4.69) is 34.0 Å². The van der Waals surface area contributed by atoms with Gasteiger partial charge in [0.1, 0.15) is 5.82 Å². The lowest BCUT2D eigenvalue weighted by atomic mass is 10.1. The Balaban J connectivity index is 1.71. The van der Waals surface area contributed by atoms with Crippen molar-refractivity contribution in [2.75, 3.05) is 26.1 Å². The standard InChI is InChI=1S/C24H28N4O4/c1-16(2)23-26-10-11-28(23)14-17-6-5-7-19(12-17)27-24(30)18-8-9-20(21(13-18)31-4)32-15-22(29)25-3/h5-13,16H,14-15H2,1-4H3,(H,25,29)(H,27,30). The Morgan fingerprint density at radius 2 is 1.94 bits per heavy atom. The SMILES string of the molecule is CNC(=O)COc1ccc(C(=O)Nc2cccc(Cn3ccnc3C(C)C)c2)cc1OC. The van der Waals surface area contributed by atoms with Crippen LogP contribution in [0.1, 0.15) is 41.5 Å². The molecule has 2 N–H and O–H groups in total. The van der Waals surface area contributed by atoms with Gasteiger partial charge in [0.25, 0.3) is 11.8 Å². The van der Waals surface area contributed by atoms with E-state index in [9.17, 15) is 9.59 Å². The molecular weight excluding hydrogens is 408 g/mol. The number of hydrogen-bond acceptors (Lipinski definition) is 5. The molecule has 0 bridgehead atoms. The van der Waals surface area contributed by atoms with Gasteiger partial charge >= 0.3 is 0 Å². The number of ether oxygens (including phenoxy) is 2. The van der Waals surface area contributed by atoms with E-state index in [-0.39, 0.29) is 18.4 Å². The van der Waals surface area contributed by atoms with Crippen molar-refractivity contribution in [1.29, 1.82) is 0 Å². The van der Waals surface area contributed by atoms with E-state index in [1.807, 2.05) is 30.5 Å². The van der Waals surface area contributed by atoms with Crippen LogP contribution >= 0.6 is 0 Å². The first kappa shape index (κ1) is 22.9. The second-order valence-electron chi connectivity index (χ2n) is 7.55. The molecule has 1 heterocycles. The van der Waals surface area contributed by atoms with E-state index < -0.39 is 0 Å². The molecule has 0 unspecified atom stereocenters. The number of amides is 2. The van der Waals surface area contributed by atoms with Crippen LogP contribution in [0.25, 0.3) is 0 Å². The summed E-state index contributed by atoms with van der Waals surface area (Å²) in [6, 6.07) is 12.5. The summed E-state index contributed by atoms with van der Waals surface area (Å²) in [6.45, 7) is 4.75. The third-order valence-corrected chi connectivity index (χ3v) is 4.87. The molecule has 2 aromatic carbocycles. The van der Waals surface area contributed by atoms with Crippen molar-refractivity contribution in [2.45, 2.75) is 26.3 Å². The molecular formula is C24H28N4O4. The molecule has 3 rings (SSSR count). The summed E-state index contributed by atoms with van der Waals surface area (Å²) in [7, 11) is 3.01. The zero-order valence-electron chi connectivity index (χ0n) is 18.7. The van der Waals surface area contributed by atoms with Crippen LogP contribution in [-0.4, -0.2) is 42.1 Å². The number of carbonyl (C=O) groups excluding carboxylic acids is 2. The molecule has 0 aliphatic carbocycles. The van der Waals surface area contributed by atoms with Crippen LogP contribution in [0.3, 0.4) is 0 Å². The molecule has 8 heteroatoms. The highest BCUT2D eigenvalue weighted by Gasteiger charge is 2.13. The van der Waals surface area contributed by atoms with Gasteiger partial charge in [-0.15, -0.1) is 0 Å². The van der Waals surface area contributed by atoms with E-state index in [4.69, 9.17) is 9.47 Å². The van der Waals surface area contributed by atoms with Crippen LogP contribution < -0.4 is 20.1 Å². The number of anilines is 1. The van der Waals surface area contributed by atoms with Crippen molar-refractivity contribution in [2.24, 2.45) is 0 Å². The number of benzene rings is 2. The molecule has 0 saturated carbocycles. The molecule has 0 fully saturated rings. The average Bonchev–Trinajstić information content (AvgIpc) is 3.25. The molecule has 32 heavy (non-hydrogen) atoms. The Hall–Kier alpha value is -3.81. The lowest BCUT2D eigenvalue weighted by Gasteiger charge is -2.13. The first-order chi connectivity index (χ1) is 15.4. The third-order valence-electron chi connectivity index (χ3n) is 4.87. The summed E-state index contributed by atoms with van der Waals surface area (Å²) < 4.78 is 12.9. The summed E-state index contributed by atoms with van der Waals surface area (Å²) in [4.78, 5) is 28.6. The highest BCUT2D eigenvalue weighted by atomic mass is 16.5. The summed E-state index contributed by atoms with van der Waals surface area (Å²) in [5, 5.41) is 5.40. The van der Waals surface area contributed by atoms with Gasteiger partial charge in [-0.3, -0.25) is 9.59 Å². The Morgan fingerprint density at radius 3 is 2.66 bits per heavy atom. The highest BCUT2D eigenvalue weighted by Crippen LogP contribution is 2.28. The number of hydrogen-bond donors (Lipinski definition) is 2.